The van der Waals surface area contributed by atoms with Crippen molar-refractivity contribution in [2.24, 2.45) is 0 Å². The normalized spacial score (nSPS) is 21.6. The third-order valence-electron chi connectivity index (χ3n) is 6.49. The fourth-order valence-electron chi connectivity index (χ4n) is 5.05. The van der Waals surface area contributed by atoms with Crippen molar-refractivity contribution in [3.05, 3.63) is 64.7 Å². The molecule has 0 bridgehead atoms. The number of carbonyl (C=O) groups excluding carboxylic acids is 2. The highest BCUT2D eigenvalue weighted by molar-refractivity contribution is 7.80. The number of nitrogens with one attached hydrogen (secondary N) is 1. The first-order valence-electron chi connectivity index (χ1n) is 11.0. The Morgan fingerprint density at radius 3 is 2.56 bits per heavy atom. The van der Waals surface area contributed by atoms with Crippen molar-refractivity contribution in [3.63, 3.8) is 0 Å². The Bertz CT molecular complexity index is 1150. The third kappa shape index (κ3) is 3.73. The molecule has 5 nitrogen and oxygen atoms in total. The van der Waals surface area contributed by atoms with E-state index in [1.54, 1.807) is 6.08 Å². The molecule has 2 aromatic rings. The predicted octanol–water partition coefficient (Wildman–Crippen LogP) is 4.94. The molecule has 4 rings (SSSR count). The second-order valence-electron chi connectivity index (χ2n) is 9.22. The number of hydrogen-bond donors (Lipinski definition) is 1. The van der Waals surface area contributed by atoms with Crippen LogP contribution in [0.1, 0.15) is 56.7 Å². The number of amides is 2. The highest BCUT2D eigenvalue weighted by atomic mass is 32.1. The van der Waals surface area contributed by atoms with Gasteiger partial charge in [-0.1, -0.05) is 31.2 Å². The third-order valence-corrected chi connectivity index (χ3v) is 6.78. The zero-order valence-corrected chi connectivity index (χ0v) is 20.0. The molecule has 166 valence electrons. The number of carbonyl (C=O) groups is 2. The van der Waals surface area contributed by atoms with E-state index in [4.69, 9.17) is 12.2 Å². The van der Waals surface area contributed by atoms with Crippen LogP contribution >= 0.6 is 12.2 Å². The van der Waals surface area contributed by atoms with E-state index >= 15 is 0 Å². The van der Waals surface area contributed by atoms with E-state index in [9.17, 15) is 9.59 Å². The van der Waals surface area contributed by atoms with Gasteiger partial charge >= 0.3 is 0 Å². The first-order valence-corrected chi connectivity index (χ1v) is 11.4. The van der Waals surface area contributed by atoms with Crippen molar-refractivity contribution < 1.29 is 9.59 Å². The van der Waals surface area contributed by atoms with Crippen LogP contribution in [0.5, 0.6) is 0 Å². The molecule has 2 aliphatic rings. The number of para-hydroxylation sites is 1. The Kier molecular flexibility index (Phi) is 5.67. The Morgan fingerprint density at radius 2 is 1.88 bits per heavy atom. The molecule has 1 N–H and O–H groups in total. The highest BCUT2D eigenvalue weighted by Gasteiger charge is 2.37. The van der Waals surface area contributed by atoms with Gasteiger partial charge < -0.3 is 4.90 Å². The summed E-state index contributed by atoms with van der Waals surface area (Å²) in [5, 5.41) is 2.78. The molecule has 2 amide bonds. The van der Waals surface area contributed by atoms with Crippen LogP contribution in [0.3, 0.4) is 0 Å². The fraction of sp³-hybridized carbons (Fsp3) is 0.346. The van der Waals surface area contributed by atoms with E-state index in [-0.39, 0.29) is 16.2 Å². The maximum Gasteiger partial charge on any atom is 0.270 e. The van der Waals surface area contributed by atoms with Gasteiger partial charge in [0.2, 0.25) is 0 Å². The maximum atomic E-state index is 13.3. The van der Waals surface area contributed by atoms with Gasteiger partial charge in [-0.2, -0.15) is 0 Å². The second kappa shape index (κ2) is 8.17. The highest BCUT2D eigenvalue weighted by Crippen LogP contribution is 2.43. The van der Waals surface area contributed by atoms with Crippen molar-refractivity contribution in [1.29, 1.82) is 0 Å². The van der Waals surface area contributed by atoms with Gasteiger partial charge in [-0.15, -0.1) is 0 Å². The number of thiocarbonyl (C=S) groups is 1. The van der Waals surface area contributed by atoms with E-state index in [2.05, 4.69) is 50.0 Å². The van der Waals surface area contributed by atoms with Crippen LogP contribution in [0.15, 0.2) is 48.0 Å². The van der Waals surface area contributed by atoms with Crippen molar-refractivity contribution in [2.45, 2.75) is 52.5 Å². The summed E-state index contributed by atoms with van der Waals surface area (Å²) in [6.45, 7) is 11.8. The lowest BCUT2D eigenvalue weighted by Gasteiger charge is -2.47. The molecule has 32 heavy (non-hydrogen) atoms. The Labute approximate surface area is 195 Å². The summed E-state index contributed by atoms with van der Waals surface area (Å²) < 4.78 is 0. The number of benzene rings is 2. The summed E-state index contributed by atoms with van der Waals surface area (Å²) in [4.78, 5) is 29.9. The SMILES string of the molecule is CCN1c2ccc(/C=C3\C(=O)NC(=S)N(c4ccccc4C)C3=O)cc2C(C)CC1(C)C. The van der Waals surface area contributed by atoms with Crippen LogP contribution in [-0.2, 0) is 9.59 Å². The Balaban J connectivity index is 1.74. The average molecular weight is 448 g/mol. The molecule has 1 fully saturated rings. The molecule has 0 spiro atoms. The summed E-state index contributed by atoms with van der Waals surface area (Å²) in [6.07, 6.45) is 2.72. The van der Waals surface area contributed by atoms with Crippen LogP contribution in [-0.4, -0.2) is 29.0 Å². The quantitative estimate of drug-likeness (QED) is 0.411. The minimum atomic E-state index is -0.466. The summed E-state index contributed by atoms with van der Waals surface area (Å²) in [5.41, 5.74) is 5.05. The van der Waals surface area contributed by atoms with Crippen LogP contribution < -0.4 is 15.1 Å². The van der Waals surface area contributed by atoms with Crippen LogP contribution in [0.25, 0.3) is 6.08 Å². The van der Waals surface area contributed by atoms with Gasteiger partial charge in [0.25, 0.3) is 11.8 Å². The zero-order chi connectivity index (χ0) is 23.2. The fourth-order valence-corrected chi connectivity index (χ4v) is 5.33. The first-order chi connectivity index (χ1) is 15.1. The molecule has 6 heteroatoms. The van der Waals surface area contributed by atoms with Gasteiger partial charge in [-0.3, -0.25) is 19.8 Å². The molecule has 2 heterocycles. The number of hydrogen-bond acceptors (Lipinski definition) is 4. The maximum absolute atomic E-state index is 13.3. The van der Waals surface area contributed by atoms with E-state index in [1.807, 2.05) is 37.3 Å². The molecular weight excluding hydrogens is 418 g/mol. The van der Waals surface area contributed by atoms with Gasteiger partial charge in [0.05, 0.1) is 5.69 Å². The van der Waals surface area contributed by atoms with Crippen LogP contribution in [0, 0.1) is 6.92 Å². The largest absolute Gasteiger partial charge is 0.366 e. The number of aryl methyl sites for hydroxylation is 1. The second-order valence-corrected chi connectivity index (χ2v) is 9.61. The standard InChI is InChI=1S/C26H29N3O2S/c1-6-28-22-12-11-18(13-19(22)17(3)15-26(28,4)5)14-20-23(30)27-25(32)29(24(20)31)21-10-8-7-9-16(21)2/h7-14,17H,6,15H2,1-5H3,(H,27,30,32)/b20-14+. The molecule has 0 aliphatic carbocycles. The molecule has 2 aromatic carbocycles. The summed E-state index contributed by atoms with van der Waals surface area (Å²) in [5.74, 6) is -0.491. The Hall–Kier alpha value is -2.99. The van der Waals surface area contributed by atoms with Crippen LogP contribution in [0.2, 0.25) is 0 Å². The molecule has 1 saturated heterocycles. The van der Waals surface area contributed by atoms with E-state index < -0.39 is 11.8 Å². The summed E-state index contributed by atoms with van der Waals surface area (Å²) in [7, 11) is 0. The lowest BCUT2D eigenvalue weighted by molar-refractivity contribution is -0.122. The van der Waals surface area contributed by atoms with Crippen LogP contribution in [0.4, 0.5) is 11.4 Å². The van der Waals surface area contributed by atoms with Gasteiger partial charge in [-0.05, 0) is 93.2 Å². The smallest absolute Gasteiger partial charge is 0.270 e. The first kappa shape index (κ1) is 22.2. The molecule has 0 saturated carbocycles. The lowest BCUT2D eigenvalue weighted by Crippen LogP contribution is -2.54. The van der Waals surface area contributed by atoms with Gasteiger partial charge in [0.1, 0.15) is 5.57 Å². The average Bonchev–Trinajstić information content (AvgIpc) is 2.72. The number of fused-ring (bicyclic) bond motifs is 1. The number of nitrogens with zero attached hydrogens (tertiary/aromatic N) is 2. The van der Waals surface area contributed by atoms with Gasteiger partial charge in [0.15, 0.2) is 5.11 Å². The van der Waals surface area contributed by atoms with E-state index in [1.165, 1.54) is 16.2 Å². The van der Waals surface area contributed by atoms with Gasteiger partial charge in [-0.25, -0.2) is 0 Å². The van der Waals surface area contributed by atoms with Crippen molar-refractivity contribution >= 4 is 46.6 Å². The number of rotatable bonds is 3. The summed E-state index contributed by atoms with van der Waals surface area (Å²) >= 11 is 5.32. The molecule has 0 radical (unpaired) electrons. The van der Waals surface area contributed by atoms with Gasteiger partial charge in [0, 0.05) is 17.8 Å². The van der Waals surface area contributed by atoms with Crippen molar-refractivity contribution in [3.8, 4) is 0 Å². The molecule has 1 unspecified atom stereocenters. The topological polar surface area (TPSA) is 52.7 Å². The van der Waals surface area contributed by atoms with E-state index in [0.717, 1.165) is 24.1 Å². The number of anilines is 2. The predicted molar refractivity (Wildman–Crippen MR) is 134 cm³/mol. The minimum absolute atomic E-state index is 0.0814. The minimum Gasteiger partial charge on any atom is -0.366 e. The van der Waals surface area contributed by atoms with Crippen molar-refractivity contribution in [2.75, 3.05) is 16.3 Å². The molecular formula is C26H29N3O2S. The van der Waals surface area contributed by atoms with Crippen molar-refractivity contribution in [1.82, 2.24) is 5.32 Å². The Morgan fingerprint density at radius 1 is 1.16 bits per heavy atom. The monoisotopic (exact) mass is 447 g/mol. The zero-order valence-electron chi connectivity index (χ0n) is 19.2. The van der Waals surface area contributed by atoms with E-state index in [0.29, 0.717) is 11.6 Å². The molecule has 0 aromatic heterocycles. The molecule has 2 aliphatic heterocycles. The summed E-state index contributed by atoms with van der Waals surface area (Å²) in [6, 6.07) is 13.7. The lowest BCUT2D eigenvalue weighted by atomic mass is 9.79. The molecule has 1 atom stereocenters.